The van der Waals surface area contributed by atoms with Crippen molar-refractivity contribution in [2.45, 2.75) is 180 Å². The van der Waals surface area contributed by atoms with E-state index in [1.807, 2.05) is 30.3 Å². The fraction of sp³-hybridized carbons (Fsp3) is 0.667. The molecule has 9 heteroatoms. The van der Waals surface area contributed by atoms with Crippen LogP contribution >= 0.6 is 0 Å². The van der Waals surface area contributed by atoms with Gasteiger partial charge in [0.15, 0.2) is 16.6 Å². The molecular weight excluding hydrogens is 745 g/mol. The van der Waals surface area contributed by atoms with E-state index in [0.29, 0.717) is 32.0 Å². The number of benzene rings is 1. The second-order valence-corrected chi connectivity index (χ2v) is 29.2. The van der Waals surface area contributed by atoms with Crippen LogP contribution in [-0.4, -0.2) is 78.7 Å². The normalized spacial score (nSPS) is 22.1. The van der Waals surface area contributed by atoms with Gasteiger partial charge in [0.25, 0.3) is 0 Å². The Hall–Kier alpha value is -2.09. The Kier molecular flexibility index (Phi) is 19.4. The number of hydrogen-bond donors (Lipinski definition) is 1. The summed E-state index contributed by atoms with van der Waals surface area (Å²) in [4.78, 5) is 0. The van der Waals surface area contributed by atoms with Gasteiger partial charge in [0.05, 0.1) is 56.9 Å². The van der Waals surface area contributed by atoms with E-state index in [4.69, 9.17) is 27.8 Å². The van der Waals surface area contributed by atoms with Crippen molar-refractivity contribution < 1.29 is 32.9 Å². The summed E-state index contributed by atoms with van der Waals surface area (Å²) < 4.78 is 38.2. The van der Waals surface area contributed by atoms with Crippen LogP contribution in [0.3, 0.4) is 0 Å². The lowest BCUT2D eigenvalue weighted by Crippen LogP contribution is -2.47. The van der Waals surface area contributed by atoms with Crippen molar-refractivity contribution in [3.8, 4) is 5.75 Å². The zero-order valence-corrected chi connectivity index (χ0v) is 40.1. The van der Waals surface area contributed by atoms with Gasteiger partial charge in [0.1, 0.15) is 5.75 Å². The molecule has 322 valence electrons. The molecule has 0 saturated carbocycles. The topological polar surface area (TPSA) is 75.6 Å². The van der Waals surface area contributed by atoms with Crippen molar-refractivity contribution in [1.82, 2.24) is 0 Å². The van der Waals surface area contributed by atoms with Crippen molar-refractivity contribution >= 4 is 16.6 Å². The van der Waals surface area contributed by atoms with Gasteiger partial charge >= 0.3 is 0 Å². The maximum atomic E-state index is 11.2. The van der Waals surface area contributed by atoms with Crippen LogP contribution in [0.4, 0.5) is 0 Å². The van der Waals surface area contributed by atoms with Crippen LogP contribution in [0.25, 0.3) is 0 Å². The van der Waals surface area contributed by atoms with Crippen LogP contribution in [-0.2, 0) is 29.7 Å². The summed E-state index contributed by atoms with van der Waals surface area (Å²) in [6.07, 6.45) is 19.6. The summed E-state index contributed by atoms with van der Waals surface area (Å²) in [7, 11) is -2.29. The van der Waals surface area contributed by atoms with E-state index < -0.39 is 22.7 Å². The molecule has 0 aliphatic carbocycles. The molecule has 3 rings (SSSR count). The number of aliphatic hydroxyl groups is 1. The standard InChI is InChI=1S/C48H80O7Si2/c1-36-27-29-51-43(33-36)25-26-46(55-57(13,14)48(7,8)9)45(52-35-39-21-23-41(50-10)24-22-39)20-15-17-40(49)32-37(2)31-38(3)34-44-19-16-18-42(54-44)28-30-53-56(11,12)47(4,5)6/h15-18,21-27,38,40,42-46,49H,2,19-20,28-35H2,1,3-14H3/b17-15+,26-25+/t38-,40?,42-,43+,44-,45-,46-/m0/s1. The van der Waals surface area contributed by atoms with E-state index in [9.17, 15) is 5.11 Å². The van der Waals surface area contributed by atoms with Crippen molar-refractivity contribution in [1.29, 1.82) is 0 Å². The average Bonchev–Trinajstić information content (AvgIpc) is 3.10. The molecule has 0 saturated heterocycles. The monoisotopic (exact) mass is 825 g/mol. The molecule has 1 aromatic carbocycles. The lowest BCUT2D eigenvalue weighted by atomic mass is 9.91. The first-order valence-corrected chi connectivity index (χ1v) is 27.3. The number of aliphatic hydroxyl groups excluding tert-OH is 1. The number of rotatable bonds is 22. The molecule has 2 heterocycles. The molecule has 0 spiro atoms. The van der Waals surface area contributed by atoms with Gasteiger partial charge in [-0.1, -0.05) is 121 Å². The first-order valence-electron chi connectivity index (χ1n) is 21.4. The van der Waals surface area contributed by atoms with Crippen LogP contribution in [0.5, 0.6) is 5.75 Å². The van der Waals surface area contributed by atoms with Gasteiger partial charge in [-0.05, 0) is 112 Å². The zero-order valence-electron chi connectivity index (χ0n) is 38.1. The fourth-order valence-electron chi connectivity index (χ4n) is 6.64. The van der Waals surface area contributed by atoms with Crippen molar-refractivity contribution in [3.63, 3.8) is 0 Å². The summed E-state index contributed by atoms with van der Waals surface area (Å²) in [5.41, 5.74) is 3.45. The minimum atomic E-state index is -2.19. The van der Waals surface area contributed by atoms with Gasteiger partial charge in [-0.15, -0.1) is 0 Å². The minimum Gasteiger partial charge on any atom is -0.497 e. The van der Waals surface area contributed by atoms with Crippen LogP contribution in [0.2, 0.25) is 36.3 Å². The van der Waals surface area contributed by atoms with Crippen molar-refractivity contribution in [2.75, 3.05) is 20.3 Å². The highest BCUT2D eigenvalue weighted by atomic mass is 28.4. The Morgan fingerprint density at radius 2 is 1.68 bits per heavy atom. The molecule has 0 bridgehead atoms. The maximum absolute atomic E-state index is 11.2. The van der Waals surface area contributed by atoms with Crippen LogP contribution in [0, 0.1) is 5.92 Å². The first-order chi connectivity index (χ1) is 26.6. The number of methoxy groups -OCH3 is 1. The third kappa shape index (κ3) is 17.2. The van der Waals surface area contributed by atoms with Gasteiger partial charge < -0.3 is 32.9 Å². The highest BCUT2D eigenvalue weighted by Crippen LogP contribution is 2.39. The summed E-state index contributed by atoms with van der Waals surface area (Å²) in [5.74, 6) is 1.21. The quantitative estimate of drug-likeness (QED) is 0.0922. The Labute approximate surface area is 350 Å². The Balaban J connectivity index is 1.62. The Morgan fingerprint density at radius 3 is 2.32 bits per heavy atom. The lowest BCUT2D eigenvalue weighted by molar-refractivity contribution is -0.0204. The molecule has 0 amide bonds. The van der Waals surface area contributed by atoms with E-state index >= 15 is 0 Å². The van der Waals surface area contributed by atoms with E-state index in [-0.39, 0.29) is 40.6 Å². The molecule has 7 atom stereocenters. The molecule has 57 heavy (non-hydrogen) atoms. The van der Waals surface area contributed by atoms with E-state index in [0.717, 1.165) is 55.6 Å². The molecule has 0 radical (unpaired) electrons. The maximum Gasteiger partial charge on any atom is 0.193 e. The third-order valence-corrected chi connectivity index (χ3v) is 21.3. The molecule has 2 aliphatic rings. The molecule has 1 N–H and O–H groups in total. The van der Waals surface area contributed by atoms with E-state index in [1.165, 1.54) is 5.57 Å². The summed E-state index contributed by atoms with van der Waals surface area (Å²) in [5, 5.41) is 11.4. The second-order valence-electron chi connectivity index (χ2n) is 19.6. The Morgan fingerprint density at radius 1 is 1.00 bits per heavy atom. The van der Waals surface area contributed by atoms with E-state index in [1.54, 1.807) is 7.11 Å². The van der Waals surface area contributed by atoms with Crippen LogP contribution < -0.4 is 4.74 Å². The van der Waals surface area contributed by atoms with Gasteiger partial charge in [-0.3, -0.25) is 0 Å². The van der Waals surface area contributed by atoms with Crippen LogP contribution in [0.15, 0.2) is 84.5 Å². The highest BCUT2D eigenvalue weighted by Gasteiger charge is 2.41. The van der Waals surface area contributed by atoms with Gasteiger partial charge in [0.2, 0.25) is 0 Å². The third-order valence-electron chi connectivity index (χ3n) is 12.3. The van der Waals surface area contributed by atoms with Gasteiger partial charge in [-0.25, -0.2) is 0 Å². The predicted octanol–water partition coefficient (Wildman–Crippen LogP) is 12.1. The SMILES string of the molecule is C=C(CC(O)/C=C/C[C@H](OCc1ccc(OC)cc1)[C@H](/C=C/[C@@H]1CC(C)=CCO1)O[Si](C)(C)C(C)(C)C)C[C@H](C)C[C@@H]1CC=C[C@@H](CCO[Si](C)(C)C(C)(C)C)O1. The smallest absolute Gasteiger partial charge is 0.193 e. The lowest BCUT2D eigenvalue weighted by Gasteiger charge is -2.40. The molecule has 0 fully saturated rings. The van der Waals surface area contributed by atoms with Gasteiger partial charge in [0, 0.05) is 6.61 Å². The molecule has 1 aromatic rings. The first kappa shape index (κ1) is 49.3. The summed E-state index contributed by atoms with van der Waals surface area (Å²) >= 11 is 0. The zero-order chi connectivity index (χ0) is 42.4. The number of hydrogen-bond acceptors (Lipinski definition) is 7. The predicted molar refractivity (Wildman–Crippen MR) is 243 cm³/mol. The highest BCUT2D eigenvalue weighted by molar-refractivity contribution is 6.74. The van der Waals surface area contributed by atoms with Gasteiger partial charge in [-0.2, -0.15) is 0 Å². The molecular formula is C48H80O7Si2. The minimum absolute atomic E-state index is 0.00285. The molecule has 2 aliphatic heterocycles. The van der Waals surface area contributed by atoms with Crippen LogP contribution in [0.1, 0.15) is 106 Å². The average molecular weight is 825 g/mol. The fourth-order valence-corrected chi connectivity index (χ4v) is 8.97. The van der Waals surface area contributed by atoms with Crippen molar-refractivity contribution in [3.05, 3.63) is 90.1 Å². The summed E-state index contributed by atoms with van der Waals surface area (Å²) in [6.45, 7) is 33.4. The second kappa shape index (κ2) is 22.5. The largest absolute Gasteiger partial charge is 0.497 e. The Bertz CT molecular complexity index is 1480. The summed E-state index contributed by atoms with van der Waals surface area (Å²) in [6, 6.07) is 7.99. The molecule has 0 aromatic heterocycles. The molecule has 7 nitrogen and oxygen atoms in total. The number of ether oxygens (including phenoxy) is 4. The van der Waals surface area contributed by atoms with E-state index in [2.05, 4.69) is 125 Å². The molecule has 1 unspecified atom stereocenters. The van der Waals surface area contributed by atoms with Crippen molar-refractivity contribution in [2.24, 2.45) is 5.92 Å².